The molecule has 0 aromatic heterocycles. The number of aliphatic imine (C=N–C) groups is 1. The number of rotatable bonds is 1. The molecule has 0 heterocycles. The molecule has 86 valence electrons. The van der Waals surface area contributed by atoms with Crippen LogP contribution >= 0.6 is 0 Å². The maximum atomic E-state index is 12.0. The fraction of sp³-hybridized carbons (Fsp3) is 0.846. The molecule has 0 saturated heterocycles. The second-order valence-corrected chi connectivity index (χ2v) is 6.56. The van der Waals surface area contributed by atoms with Gasteiger partial charge in [0.2, 0.25) is 6.08 Å². The molecule has 4 rings (SSSR count). The monoisotopic (exact) mass is 219 g/mol. The van der Waals surface area contributed by atoms with Crippen molar-refractivity contribution in [1.82, 2.24) is 0 Å². The first-order chi connectivity index (χ1) is 7.55. The molecule has 0 spiro atoms. The molecule has 3 heteroatoms. The van der Waals surface area contributed by atoms with Crippen LogP contribution in [0.4, 0.5) is 0 Å². The standard InChI is InChI=1S/C13H17NO2/c1-12-3-9-2-10(4-12)6-13(5-9,7-12)11(16)14-8-15/h9-10H,2-7H2,1H3. The van der Waals surface area contributed by atoms with Gasteiger partial charge in [0, 0.05) is 0 Å². The Morgan fingerprint density at radius 2 is 1.88 bits per heavy atom. The van der Waals surface area contributed by atoms with E-state index in [9.17, 15) is 9.59 Å². The van der Waals surface area contributed by atoms with Gasteiger partial charge in [-0.15, -0.1) is 4.99 Å². The number of hydrogen-bond donors (Lipinski definition) is 0. The zero-order valence-corrected chi connectivity index (χ0v) is 9.66. The van der Waals surface area contributed by atoms with Crippen molar-refractivity contribution in [1.29, 1.82) is 0 Å². The molecule has 4 bridgehead atoms. The van der Waals surface area contributed by atoms with Crippen LogP contribution in [-0.4, -0.2) is 12.0 Å². The molecule has 16 heavy (non-hydrogen) atoms. The van der Waals surface area contributed by atoms with E-state index in [1.807, 2.05) is 0 Å². The zero-order chi connectivity index (χ0) is 11.4. The number of nitrogens with zero attached hydrogens (tertiary/aromatic N) is 1. The first-order valence-corrected chi connectivity index (χ1v) is 6.18. The van der Waals surface area contributed by atoms with Crippen LogP contribution < -0.4 is 0 Å². The van der Waals surface area contributed by atoms with Gasteiger partial charge in [-0.25, -0.2) is 4.79 Å². The van der Waals surface area contributed by atoms with Gasteiger partial charge in [-0.2, -0.15) is 0 Å². The fourth-order valence-electron chi connectivity index (χ4n) is 5.13. The van der Waals surface area contributed by atoms with E-state index in [2.05, 4.69) is 11.9 Å². The quantitative estimate of drug-likeness (QED) is 0.502. The van der Waals surface area contributed by atoms with Crippen LogP contribution in [0.15, 0.2) is 4.99 Å². The Hall–Kier alpha value is -0.950. The predicted molar refractivity (Wildman–Crippen MR) is 58.4 cm³/mol. The molecule has 4 fully saturated rings. The molecular weight excluding hydrogens is 202 g/mol. The van der Waals surface area contributed by atoms with E-state index >= 15 is 0 Å². The van der Waals surface area contributed by atoms with E-state index in [-0.39, 0.29) is 11.3 Å². The van der Waals surface area contributed by atoms with Gasteiger partial charge >= 0.3 is 0 Å². The molecular formula is C13H17NO2. The highest BCUT2D eigenvalue weighted by Gasteiger charge is 2.58. The minimum absolute atomic E-state index is 0.192. The highest BCUT2D eigenvalue weighted by atomic mass is 16.2. The van der Waals surface area contributed by atoms with Crippen molar-refractivity contribution >= 4 is 12.0 Å². The zero-order valence-electron chi connectivity index (χ0n) is 9.66. The highest BCUT2D eigenvalue weighted by Crippen LogP contribution is 2.65. The molecule has 0 aromatic carbocycles. The van der Waals surface area contributed by atoms with Crippen LogP contribution in [0.2, 0.25) is 0 Å². The lowest BCUT2D eigenvalue weighted by molar-refractivity contribution is -0.151. The Bertz CT molecular complexity index is 381. The summed E-state index contributed by atoms with van der Waals surface area (Å²) in [5, 5.41) is 0. The van der Waals surface area contributed by atoms with E-state index in [0.717, 1.165) is 19.3 Å². The second kappa shape index (κ2) is 3.04. The number of hydrogen-bond acceptors (Lipinski definition) is 2. The Labute approximate surface area is 95.3 Å². The van der Waals surface area contributed by atoms with E-state index < -0.39 is 0 Å². The Balaban J connectivity index is 1.97. The molecule has 4 aliphatic rings. The summed E-state index contributed by atoms with van der Waals surface area (Å²) in [5.74, 6) is 1.19. The number of carbonyl (C=O) groups is 1. The van der Waals surface area contributed by atoms with Gasteiger partial charge in [0.05, 0.1) is 5.41 Å². The lowest BCUT2D eigenvalue weighted by Gasteiger charge is -2.59. The van der Waals surface area contributed by atoms with Gasteiger partial charge in [0.1, 0.15) is 0 Å². The molecule has 3 nitrogen and oxygen atoms in total. The van der Waals surface area contributed by atoms with Gasteiger partial charge in [-0.3, -0.25) is 4.79 Å². The van der Waals surface area contributed by atoms with Crippen molar-refractivity contribution < 1.29 is 9.59 Å². The number of amides is 1. The first-order valence-electron chi connectivity index (χ1n) is 6.18. The number of carbonyl (C=O) groups excluding carboxylic acids is 2. The van der Waals surface area contributed by atoms with Crippen molar-refractivity contribution in [2.75, 3.05) is 0 Å². The third kappa shape index (κ3) is 1.31. The van der Waals surface area contributed by atoms with Crippen molar-refractivity contribution in [2.45, 2.75) is 45.4 Å². The molecule has 0 aromatic rings. The minimum Gasteiger partial charge on any atom is -0.271 e. The lowest BCUT2D eigenvalue weighted by Crippen LogP contribution is -2.53. The van der Waals surface area contributed by atoms with Gasteiger partial charge < -0.3 is 0 Å². The Morgan fingerprint density at radius 1 is 1.25 bits per heavy atom. The normalized spacial score (nSPS) is 48.8. The van der Waals surface area contributed by atoms with Gasteiger partial charge in [0.15, 0.2) is 0 Å². The summed E-state index contributed by atoms with van der Waals surface area (Å²) in [6, 6.07) is 0. The maximum absolute atomic E-state index is 12.0. The summed E-state index contributed by atoms with van der Waals surface area (Å²) < 4.78 is 0. The number of isocyanates is 1. The lowest BCUT2D eigenvalue weighted by atomic mass is 9.44. The summed E-state index contributed by atoms with van der Waals surface area (Å²) >= 11 is 0. The largest absolute Gasteiger partial charge is 0.271 e. The van der Waals surface area contributed by atoms with Gasteiger partial charge in [-0.05, 0) is 55.8 Å². The minimum atomic E-state index is -0.295. The fourth-order valence-corrected chi connectivity index (χ4v) is 5.13. The first kappa shape index (κ1) is 10.2. The van der Waals surface area contributed by atoms with Crippen LogP contribution in [0, 0.1) is 22.7 Å². The SMILES string of the molecule is CC12CC3CC(C1)CC(C(=O)N=C=O)(C3)C2. The van der Waals surface area contributed by atoms with Crippen LogP contribution in [0.1, 0.15) is 45.4 Å². The molecule has 1 amide bonds. The molecule has 2 unspecified atom stereocenters. The van der Waals surface area contributed by atoms with Crippen LogP contribution in [0.5, 0.6) is 0 Å². The maximum Gasteiger partial charge on any atom is 0.262 e. The molecule has 0 N–H and O–H groups in total. The molecule has 4 aliphatic carbocycles. The van der Waals surface area contributed by atoms with Crippen molar-refractivity contribution in [3.63, 3.8) is 0 Å². The molecule has 0 aliphatic heterocycles. The van der Waals surface area contributed by atoms with E-state index in [1.54, 1.807) is 0 Å². The van der Waals surface area contributed by atoms with Crippen molar-refractivity contribution in [3.05, 3.63) is 0 Å². The summed E-state index contributed by atoms with van der Waals surface area (Å²) in [6.45, 7) is 2.30. The summed E-state index contributed by atoms with van der Waals surface area (Å²) in [5.41, 5.74) is 0.0361. The van der Waals surface area contributed by atoms with Crippen LogP contribution in [0.25, 0.3) is 0 Å². The van der Waals surface area contributed by atoms with E-state index in [4.69, 9.17) is 0 Å². The van der Waals surface area contributed by atoms with Crippen LogP contribution in [-0.2, 0) is 9.59 Å². The molecule has 0 radical (unpaired) electrons. The highest BCUT2D eigenvalue weighted by molar-refractivity contribution is 5.87. The summed E-state index contributed by atoms with van der Waals surface area (Å²) in [6.07, 6.45) is 8.12. The Morgan fingerprint density at radius 3 is 2.38 bits per heavy atom. The van der Waals surface area contributed by atoms with Crippen LogP contribution in [0.3, 0.4) is 0 Å². The third-order valence-corrected chi connectivity index (χ3v) is 4.95. The average molecular weight is 219 g/mol. The average Bonchev–Trinajstić information content (AvgIpc) is 2.13. The summed E-state index contributed by atoms with van der Waals surface area (Å²) in [4.78, 5) is 25.7. The topological polar surface area (TPSA) is 46.5 Å². The smallest absolute Gasteiger partial charge is 0.262 e. The van der Waals surface area contributed by atoms with E-state index in [0.29, 0.717) is 17.3 Å². The summed E-state index contributed by atoms with van der Waals surface area (Å²) in [7, 11) is 0. The molecule has 2 atom stereocenters. The molecule has 4 saturated carbocycles. The van der Waals surface area contributed by atoms with Gasteiger partial charge in [-0.1, -0.05) is 6.92 Å². The third-order valence-electron chi connectivity index (χ3n) is 4.95. The van der Waals surface area contributed by atoms with E-state index in [1.165, 1.54) is 25.3 Å². The van der Waals surface area contributed by atoms with Gasteiger partial charge in [0.25, 0.3) is 5.91 Å². The Kier molecular flexibility index (Phi) is 1.94. The van der Waals surface area contributed by atoms with Crippen molar-refractivity contribution in [3.8, 4) is 0 Å². The van der Waals surface area contributed by atoms with Crippen molar-refractivity contribution in [2.24, 2.45) is 27.7 Å². The predicted octanol–water partition coefficient (Wildman–Crippen LogP) is 2.46. The second-order valence-electron chi connectivity index (χ2n) is 6.56.